The van der Waals surface area contributed by atoms with Crippen LogP contribution in [0.1, 0.15) is 23.5 Å². The Balaban J connectivity index is 1.77. The second-order valence-corrected chi connectivity index (χ2v) is 5.07. The SMILES string of the molecule is COc1ccc([C@H]2C[C@H]2/C(=N\O)c2ccccc2)cc1. The summed E-state index contributed by atoms with van der Waals surface area (Å²) in [6.45, 7) is 0. The molecule has 3 heteroatoms. The first-order valence-corrected chi connectivity index (χ1v) is 6.75. The van der Waals surface area contributed by atoms with Gasteiger partial charge in [-0.3, -0.25) is 0 Å². The van der Waals surface area contributed by atoms with Crippen LogP contribution in [0.15, 0.2) is 59.8 Å². The van der Waals surface area contributed by atoms with Crippen LogP contribution in [0.25, 0.3) is 0 Å². The van der Waals surface area contributed by atoms with Crippen LogP contribution >= 0.6 is 0 Å². The van der Waals surface area contributed by atoms with E-state index in [1.807, 2.05) is 42.5 Å². The lowest BCUT2D eigenvalue weighted by atomic mass is 10.0. The van der Waals surface area contributed by atoms with Gasteiger partial charge in [0.1, 0.15) is 5.75 Å². The first-order chi connectivity index (χ1) is 9.83. The van der Waals surface area contributed by atoms with Crippen molar-refractivity contribution in [3.63, 3.8) is 0 Å². The Morgan fingerprint density at radius 3 is 2.40 bits per heavy atom. The molecule has 2 aromatic rings. The Morgan fingerprint density at radius 2 is 1.80 bits per heavy atom. The summed E-state index contributed by atoms with van der Waals surface area (Å²) < 4.78 is 5.17. The van der Waals surface area contributed by atoms with E-state index in [-0.39, 0.29) is 0 Å². The molecule has 1 N–H and O–H groups in total. The lowest BCUT2D eigenvalue weighted by Crippen LogP contribution is -2.05. The van der Waals surface area contributed by atoms with Crippen LogP contribution in [0.5, 0.6) is 5.75 Å². The summed E-state index contributed by atoms with van der Waals surface area (Å²) in [4.78, 5) is 0. The van der Waals surface area contributed by atoms with Crippen LogP contribution in [0.2, 0.25) is 0 Å². The maximum absolute atomic E-state index is 9.30. The third-order valence-corrected chi connectivity index (χ3v) is 3.86. The summed E-state index contributed by atoms with van der Waals surface area (Å²) in [5.41, 5.74) is 3.05. The van der Waals surface area contributed by atoms with Crippen molar-refractivity contribution >= 4 is 5.71 Å². The lowest BCUT2D eigenvalue weighted by Gasteiger charge is -2.05. The lowest BCUT2D eigenvalue weighted by molar-refractivity contribution is 0.317. The highest BCUT2D eigenvalue weighted by atomic mass is 16.5. The fraction of sp³-hybridized carbons (Fsp3) is 0.235. The number of nitrogens with zero attached hydrogens (tertiary/aromatic N) is 1. The molecule has 1 saturated carbocycles. The van der Waals surface area contributed by atoms with Crippen molar-refractivity contribution in [1.82, 2.24) is 0 Å². The van der Waals surface area contributed by atoms with Crippen LogP contribution < -0.4 is 4.74 Å². The van der Waals surface area contributed by atoms with Gasteiger partial charge in [0.15, 0.2) is 0 Å². The van der Waals surface area contributed by atoms with Crippen LogP contribution in [0, 0.1) is 5.92 Å². The number of benzene rings is 2. The summed E-state index contributed by atoms with van der Waals surface area (Å²) in [7, 11) is 1.67. The Hall–Kier alpha value is -2.29. The van der Waals surface area contributed by atoms with Crippen LogP contribution in [-0.4, -0.2) is 18.0 Å². The molecular formula is C17H17NO2. The van der Waals surface area contributed by atoms with Crippen molar-refractivity contribution in [2.45, 2.75) is 12.3 Å². The predicted octanol–water partition coefficient (Wildman–Crippen LogP) is 3.68. The summed E-state index contributed by atoms with van der Waals surface area (Å²) in [5.74, 6) is 1.60. The summed E-state index contributed by atoms with van der Waals surface area (Å²) in [6.07, 6.45) is 1.03. The van der Waals surface area contributed by atoms with Crippen molar-refractivity contribution < 1.29 is 9.94 Å². The molecular weight excluding hydrogens is 250 g/mol. The zero-order valence-corrected chi connectivity index (χ0v) is 11.4. The number of rotatable bonds is 4. The molecule has 0 aromatic heterocycles. The fourth-order valence-electron chi connectivity index (χ4n) is 2.67. The minimum Gasteiger partial charge on any atom is -0.497 e. The Bertz CT molecular complexity index is 605. The van der Waals surface area contributed by atoms with Gasteiger partial charge in [-0.15, -0.1) is 0 Å². The minimum absolute atomic E-state index is 0.302. The normalized spacial score (nSPS) is 21.6. The maximum atomic E-state index is 9.30. The first kappa shape index (κ1) is 12.7. The molecule has 0 spiro atoms. The van der Waals surface area contributed by atoms with Gasteiger partial charge in [0.25, 0.3) is 0 Å². The number of hydrogen-bond donors (Lipinski definition) is 1. The Kier molecular flexibility index (Phi) is 3.42. The van der Waals surface area contributed by atoms with Crippen LogP contribution in [0.4, 0.5) is 0 Å². The highest BCUT2D eigenvalue weighted by molar-refractivity contribution is 6.04. The predicted molar refractivity (Wildman–Crippen MR) is 78.6 cm³/mol. The average Bonchev–Trinajstić information content (AvgIpc) is 3.30. The molecule has 1 fully saturated rings. The van der Waals surface area contributed by atoms with Gasteiger partial charge in [0.2, 0.25) is 0 Å². The first-order valence-electron chi connectivity index (χ1n) is 6.75. The van der Waals surface area contributed by atoms with E-state index in [2.05, 4.69) is 17.3 Å². The molecule has 0 bridgehead atoms. The second-order valence-electron chi connectivity index (χ2n) is 5.07. The van der Waals surface area contributed by atoms with Crippen LogP contribution in [0.3, 0.4) is 0 Å². The molecule has 0 aliphatic heterocycles. The fourth-order valence-corrected chi connectivity index (χ4v) is 2.67. The van der Waals surface area contributed by atoms with E-state index in [1.165, 1.54) is 5.56 Å². The molecule has 0 saturated heterocycles. The van der Waals surface area contributed by atoms with Gasteiger partial charge in [-0.25, -0.2) is 0 Å². The van der Waals surface area contributed by atoms with Crippen molar-refractivity contribution in [3.05, 3.63) is 65.7 Å². The molecule has 3 rings (SSSR count). The van der Waals surface area contributed by atoms with E-state index >= 15 is 0 Å². The number of ether oxygens (including phenoxy) is 1. The molecule has 1 aliphatic rings. The van der Waals surface area contributed by atoms with Crippen molar-refractivity contribution in [2.75, 3.05) is 7.11 Å². The van der Waals surface area contributed by atoms with E-state index in [9.17, 15) is 5.21 Å². The van der Waals surface area contributed by atoms with E-state index in [0.717, 1.165) is 23.4 Å². The highest BCUT2D eigenvalue weighted by Crippen LogP contribution is 2.49. The third kappa shape index (κ3) is 2.39. The van der Waals surface area contributed by atoms with Gasteiger partial charge in [-0.05, 0) is 35.6 Å². The quantitative estimate of drug-likeness (QED) is 0.521. The largest absolute Gasteiger partial charge is 0.497 e. The van der Waals surface area contributed by atoms with E-state index in [0.29, 0.717) is 11.8 Å². The van der Waals surface area contributed by atoms with E-state index in [4.69, 9.17) is 4.74 Å². The van der Waals surface area contributed by atoms with Gasteiger partial charge in [-0.1, -0.05) is 47.6 Å². The molecule has 102 valence electrons. The molecule has 0 amide bonds. The highest BCUT2D eigenvalue weighted by Gasteiger charge is 2.42. The maximum Gasteiger partial charge on any atom is 0.118 e. The summed E-state index contributed by atoms with van der Waals surface area (Å²) in [6, 6.07) is 18.0. The van der Waals surface area contributed by atoms with Crippen molar-refractivity contribution in [2.24, 2.45) is 11.1 Å². The van der Waals surface area contributed by atoms with Crippen LogP contribution in [-0.2, 0) is 0 Å². The average molecular weight is 267 g/mol. The third-order valence-electron chi connectivity index (χ3n) is 3.86. The summed E-state index contributed by atoms with van der Waals surface area (Å²) in [5, 5.41) is 12.8. The number of hydrogen-bond acceptors (Lipinski definition) is 3. The van der Waals surface area contributed by atoms with Gasteiger partial charge in [0, 0.05) is 5.92 Å². The number of oxime groups is 1. The molecule has 0 unspecified atom stereocenters. The molecule has 0 heterocycles. The topological polar surface area (TPSA) is 41.8 Å². The van der Waals surface area contributed by atoms with Gasteiger partial charge in [0.05, 0.1) is 12.8 Å². The molecule has 2 aromatic carbocycles. The monoisotopic (exact) mass is 267 g/mol. The Morgan fingerprint density at radius 1 is 1.10 bits per heavy atom. The van der Waals surface area contributed by atoms with Gasteiger partial charge < -0.3 is 9.94 Å². The van der Waals surface area contributed by atoms with E-state index < -0.39 is 0 Å². The minimum atomic E-state index is 0.302. The van der Waals surface area contributed by atoms with Gasteiger partial charge in [-0.2, -0.15) is 0 Å². The molecule has 3 nitrogen and oxygen atoms in total. The van der Waals surface area contributed by atoms with E-state index in [1.54, 1.807) is 7.11 Å². The zero-order valence-electron chi connectivity index (χ0n) is 11.4. The van der Waals surface area contributed by atoms with Gasteiger partial charge >= 0.3 is 0 Å². The summed E-state index contributed by atoms with van der Waals surface area (Å²) >= 11 is 0. The smallest absolute Gasteiger partial charge is 0.118 e. The zero-order chi connectivity index (χ0) is 13.9. The number of methoxy groups -OCH3 is 1. The molecule has 1 aliphatic carbocycles. The second kappa shape index (κ2) is 5.37. The molecule has 2 atom stereocenters. The molecule has 0 radical (unpaired) electrons. The molecule has 20 heavy (non-hydrogen) atoms. The van der Waals surface area contributed by atoms with Crippen molar-refractivity contribution in [1.29, 1.82) is 0 Å². The van der Waals surface area contributed by atoms with Crippen molar-refractivity contribution in [3.8, 4) is 5.75 Å². The Labute approximate surface area is 118 Å². The standard InChI is InChI=1S/C17H17NO2/c1-20-14-9-7-12(8-10-14)15-11-16(15)17(18-19)13-5-3-2-4-6-13/h2-10,15-16,19H,11H2,1H3/b18-17-/t15-,16-/m1/s1.